The van der Waals surface area contributed by atoms with Gasteiger partial charge in [0, 0.05) is 36.5 Å². The number of anilines is 2. The summed E-state index contributed by atoms with van der Waals surface area (Å²) >= 11 is 0. The van der Waals surface area contributed by atoms with Crippen LogP contribution in [-0.4, -0.2) is 50.2 Å². The molecule has 1 aromatic rings. The molecule has 5 heteroatoms. The molecule has 1 aliphatic heterocycles. The lowest BCUT2D eigenvalue weighted by molar-refractivity contribution is 0.0602. The smallest absolute Gasteiger partial charge is 0.340 e. The molecule has 1 aliphatic rings. The fourth-order valence-corrected chi connectivity index (χ4v) is 2.86. The molecule has 21 heavy (non-hydrogen) atoms. The quantitative estimate of drug-likeness (QED) is 0.666. The fraction of sp³-hybridized carbons (Fsp3) is 0.562. The summed E-state index contributed by atoms with van der Waals surface area (Å²) in [6.07, 6.45) is 0. The molecule has 0 spiro atoms. The number of nitrogens with zero attached hydrogens (tertiary/aromatic N) is 2. The molecule has 0 saturated carbocycles. The lowest BCUT2D eigenvalue weighted by Gasteiger charge is -2.43. The summed E-state index contributed by atoms with van der Waals surface area (Å²) in [5.41, 5.74) is 8.90. The van der Waals surface area contributed by atoms with Crippen LogP contribution in [0.1, 0.15) is 29.8 Å². The van der Waals surface area contributed by atoms with Crippen LogP contribution >= 0.6 is 0 Å². The highest BCUT2D eigenvalue weighted by molar-refractivity contribution is 5.97. The van der Waals surface area contributed by atoms with E-state index in [1.165, 1.54) is 7.11 Å². The van der Waals surface area contributed by atoms with Gasteiger partial charge in [0.25, 0.3) is 0 Å². The normalized spacial score (nSPS) is 23.2. The zero-order valence-electron chi connectivity index (χ0n) is 13.5. The van der Waals surface area contributed by atoms with E-state index in [-0.39, 0.29) is 5.97 Å². The Morgan fingerprint density at radius 1 is 1.29 bits per heavy atom. The zero-order valence-corrected chi connectivity index (χ0v) is 13.5. The largest absolute Gasteiger partial charge is 0.465 e. The lowest BCUT2D eigenvalue weighted by Crippen LogP contribution is -2.55. The van der Waals surface area contributed by atoms with Crippen LogP contribution in [0.25, 0.3) is 0 Å². The number of hydrogen-bond acceptors (Lipinski definition) is 5. The predicted molar refractivity (Wildman–Crippen MR) is 85.8 cm³/mol. The van der Waals surface area contributed by atoms with Crippen LogP contribution in [0.3, 0.4) is 0 Å². The molecule has 1 fully saturated rings. The van der Waals surface area contributed by atoms with Crippen molar-refractivity contribution in [1.82, 2.24) is 4.90 Å². The minimum atomic E-state index is -0.382. The van der Waals surface area contributed by atoms with Crippen molar-refractivity contribution in [1.29, 1.82) is 0 Å². The van der Waals surface area contributed by atoms with E-state index in [4.69, 9.17) is 10.5 Å². The van der Waals surface area contributed by atoms with Crippen LogP contribution in [0.4, 0.5) is 11.4 Å². The minimum Gasteiger partial charge on any atom is -0.465 e. The van der Waals surface area contributed by atoms with E-state index in [2.05, 4.69) is 30.7 Å². The van der Waals surface area contributed by atoms with E-state index in [1.54, 1.807) is 0 Å². The van der Waals surface area contributed by atoms with Crippen LogP contribution in [0.15, 0.2) is 12.1 Å². The maximum Gasteiger partial charge on any atom is 0.340 e. The molecule has 2 atom stereocenters. The van der Waals surface area contributed by atoms with E-state index in [1.807, 2.05) is 19.1 Å². The summed E-state index contributed by atoms with van der Waals surface area (Å²) < 4.78 is 4.83. The first kappa shape index (κ1) is 15.6. The molecular weight excluding hydrogens is 266 g/mol. The Morgan fingerprint density at radius 3 is 2.38 bits per heavy atom. The number of methoxy groups -OCH3 is 1. The minimum absolute atomic E-state index is 0.382. The van der Waals surface area contributed by atoms with Gasteiger partial charge in [-0.25, -0.2) is 4.79 Å². The number of benzene rings is 1. The van der Waals surface area contributed by atoms with Crippen LogP contribution in [-0.2, 0) is 4.74 Å². The summed E-state index contributed by atoms with van der Waals surface area (Å²) in [5.74, 6) is -0.382. The van der Waals surface area contributed by atoms with Crippen LogP contribution in [0.5, 0.6) is 0 Å². The highest BCUT2D eigenvalue weighted by Crippen LogP contribution is 2.28. The summed E-state index contributed by atoms with van der Waals surface area (Å²) in [4.78, 5) is 16.6. The highest BCUT2D eigenvalue weighted by atomic mass is 16.5. The van der Waals surface area contributed by atoms with Crippen LogP contribution < -0.4 is 10.6 Å². The second kappa shape index (κ2) is 5.93. The molecular formula is C16H25N3O2. The summed E-state index contributed by atoms with van der Waals surface area (Å²) in [6, 6.07) is 4.83. The number of nitrogen functional groups attached to an aromatic ring is 1. The molecule has 0 bridgehead atoms. The molecule has 1 heterocycles. The Labute approximate surface area is 126 Å². The van der Waals surface area contributed by atoms with Gasteiger partial charge < -0.3 is 15.4 Å². The summed E-state index contributed by atoms with van der Waals surface area (Å²) in [7, 11) is 3.53. The van der Waals surface area contributed by atoms with E-state index >= 15 is 0 Å². The molecule has 5 nitrogen and oxygen atoms in total. The van der Waals surface area contributed by atoms with Gasteiger partial charge in [-0.2, -0.15) is 0 Å². The number of nitrogens with two attached hydrogens (primary N) is 1. The maximum absolute atomic E-state index is 11.9. The van der Waals surface area contributed by atoms with E-state index in [9.17, 15) is 4.79 Å². The summed E-state index contributed by atoms with van der Waals surface area (Å²) in [5, 5.41) is 0. The number of carbonyl (C=O) groups is 1. The Kier molecular flexibility index (Phi) is 4.42. The van der Waals surface area contributed by atoms with Crippen molar-refractivity contribution in [3.8, 4) is 0 Å². The topological polar surface area (TPSA) is 58.8 Å². The Morgan fingerprint density at radius 2 is 1.86 bits per heavy atom. The zero-order chi connectivity index (χ0) is 15.7. The molecule has 1 saturated heterocycles. The van der Waals surface area contributed by atoms with Crippen molar-refractivity contribution in [2.24, 2.45) is 0 Å². The van der Waals surface area contributed by atoms with Crippen molar-refractivity contribution < 1.29 is 9.53 Å². The summed E-state index contributed by atoms with van der Waals surface area (Å²) in [6.45, 7) is 8.23. The molecule has 0 amide bonds. The van der Waals surface area contributed by atoms with E-state index in [0.29, 0.717) is 23.3 Å². The van der Waals surface area contributed by atoms with Crippen molar-refractivity contribution in [3.63, 3.8) is 0 Å². The highest BCUT2D eigenvalue weighted by Gasteiger charge is 2.27. The van der Waals surface area contributed by atoms with Crippen LogP contribution in [0.2, 0.25) is 0 Å². The third-order valence-electron chi connectivity index (χ3n) is 4.50. The SMILES string of the molecule is COC(=O)c1cc(N2CC(C)N(C)C(C)C2)cc(C)c1N. The molecule has 0 aliphatic carbocycles. The van der Waals surface area contributed by atoms with Crippen molar-refractivity contribution in [3.05, 3.63) is 23.3 Å². The standard InChI is InChI=1S/C16H25N3O2/c1-10-6-13(7-14(15(10)17)16(20)21-5)19-8-11(2)18(4)12(3)9-19/h6-7,11-12H,8-9,17H2,1-5H3. The van der Waals surface area contributed by atoms with Crippen molar-refractivity contribution in [2.75, 3.05) is 37.9 Å². The van der Waals surface area contributed by atoms with Gasteiger partial charge in [0.2, 0.25) is 0 Å². The Hall–Kier alpha value is -1.75. The average molecular weight is 291 g/mol. The molecule has 2 rings (SSSR count). The van der Waals surface area contributed by atoms with Gasteiger partial charge in [0.1, 0.15) is 0 Å². The number of carbonyl (C=O) groups excluding carboxylic acids is 1. The third-order valence-corrected chi connectivity index (χ3v) is 4.50. The number of ether oxygens (including phenoxy) is 1. The van der Waals surface area contributed by atoms with Gasteiger partial charge >= 0.3 is 5.97 Å². The molecule has 1 aromatic carbocycles. The first-order valence-electron chi connectivity index (χ1n) is 7.30. The maximum atomic E-state index is 11.9. The predicted octanol–water partition coefficient (Wildman–Crippen LogP) is 1.89. The Balaban J connectivity index is 2.36. The van der Waals surface area contributed by atoms with E-state index in [0.717, 1.165) is 24.3 Å². The van der Waals surface area contributed by atoms with Gasteiger partial charge in [0.05, 0.1) is 12.7 Å². The van der Waals surface area contributed by atoms with Gasteiger partial charge in [-0.1, -0.05) is 0 Å². The number of rotatable bonds is 2. The van der Waals surface area contributed by atoms with Crippen molar-refractivity contribution in [2.45, 2.75) is 32.9 Å². The number of likely N-dealkylation sites (N-methyl/N-ethyl adjacent to an activating group) is 1. The second-order valence-corrected chi connectivity index (χ2v) is 5.98. The third kappa shape index (κ3) is 2.97. The lowest BCUT2D eigenvalue weighted by atomic mass is 10.0. The number of piperazine rings is 1. The number of hydrogen-bond donors (Lipinski definition) is 1. The van der Waals surface area contributed by atoms with Crippen molar-refractivity contribution >= 4 is 17.3 Å². The molecule has 2 unspecified atom stereocenters. The monoisotopic (exact) mass is 291 g/mol. The second-order valence-electron chi connectivity index (χ2n) is 5.98. The van der Waals surface area contributed by atoms with E-state index < -0.39 is 0 Å². The number of esters is 1. The molecule has 0 radical (unpaired) electrons. The molecule has 0 aromatic heterocycles. The van der Waals surface area contributed by atoms with Gasteiger partial charge in [-0.05, 0) is 45.5 Å². The Bertz CT molecular complexity index is 533. The molecule has 2 N–H and O–H groups in total. The van der Waals surface area contributed by atoms with Gasteiger partial charge in [-0.3, -0.25) is 4.90 Å². The first-order chi connectivity index (χ1) is 9.85. The van der Waals surface area contributed by atoms with Crippen LogP contribution in [0, 0.1) is 6.92 Å². The fourth-order valence-electron chi connectivity index (χ4n) is 2.86. The number of aryl methyl sites for hydroxylation is 1. The first-order valence-corrected chi connectivity index (χ1v) is 7.30. The van der Waals surface area contributed by atoms with Gasteiger partial charge in [0.15, 0.2) is 0 Å². The van der Waals surface area contributed by atoms with Gasteiger partial charge in [-0.15, -0.1) is 0 Å². The average Bonchev–Trinajstić information content (AvgIpc) is 2.46. The molecule has 116 valence electrons.